The third kappa shape index (κ3) is 4.32. The first-order chi connectivity index (χ1) is 8.84. The second-order valence-corrected chi connectivity index (χ2v) is 4.79. The number of hydrogen-bond donors (Lipinski definition) is 1. The van der Waals surface area contributed by atoms with E-state index >= 15 is 0 Å². The van der Waals surface area contributed by atoms with Crippen molar-refractivity contribution in [2.75, 3.05) is 0 Å². The molecule has 0 aliphatic heterocycles. The van der Waals surface area contributed by atoms with E-state index < -0.39 is 0 Å². The first-order valence-electron chi connectivity index (χ1n) is 6.73. The average molecular weight is 244 g/mol. The molecule has 18 heavy (non-hydrogen) atoms. The van der Waals surface area contributed by atoms with E-state index in [4.69, 9.17) is 0 Å². The van der Waals surface area contributed by atoms with E-state index in [0.29, 0.717) is 6.42 Å². The summed E-state index contributed by atoms with van der Waals surface area (Å²) in [6, 6.07) is 9.75. The van der Waals surface area contributed by atoms with Crippen molar-refractivity contribution in [3.8, 4) is 0 Å². The van der Waals surface area contributed by atoms with Gasteiger partial charge in [0.2, 0.25) is 5.91 Å². The summed E-state index contributed by atoms with van der Waals surface area (Å²) in [4.78, 5) is 11.7. The highest BCUT2D eigenvalue weighted by molar-refractivity contribution is 5.86. The Morgan fingerprint density at radius 2 is 1.72 bits per heavy atom. The lowest BCUT2D eigenvalue weighted by Gasteiger charge is -2.03. The zero-order valence-electron chi connectivity index (χ0n) is 10.7. The summed E-state index contributed by atoms with van der Waals surface area (Å²) < 4.78 is 0. The normalized spacial score (nSPS) is 15.9. The molecule has 1 aliphatic carbocycles. The number of nitrogens with one attached hydrogen (secondary N) is 1. The molecular formula is C15H20N2O. The van der Waals surface area contributed by atoms with Crippen molar-refractivity contribution in [3.63, 3.8) is 0 Å². The smallest absolute Gasteiger partial charge is 0.244 e. The van der Waals surface area contributed by atoms with Crippen LogP contribution in [-0.2, 0) is 11.2 Å². The molecule has 0 spiro atoms. The van der Waals surface area contributed by atoms with Gasteiger partial charge in [-0.25, -0.2) is 5.43 Å². The molecule has 1 aromatic rings. The van der Waals surface area contributed by atoms with Gasteiger partial charge in [0.25, 0.3) is 0 Å². The molecule has 0 unspecified atom stereocenters. The van der Waals surface area contributed by atoms with Crippen molar-refractivity contribution in [2.45, 2.75) is 44.9 Å². The van der Waals surface area contributed by atoms with E-state index in [-0.39, 0.29) is 5.91 Å². The number of amides is 1. The third-order valence-corrected chi connectivity index (χ3v) is 3.23. The summed E-state index contributed by atoms with van der Waals surface area (Å²) in [6.07, 6.45) is 7.45. The van der Waals surface area contributed by atoms with Gasteiger partial charge in [-0.05, 0) is 31.2 Å². The second-order valence-electron chi connectivity index (χ2n) is 4.79. The van der Waals surface area contributed by atoms with Crippen molar-refractivity contribution in [3.05, 3.63) is 35.9 Å². The quantitative estimate of drug-likeness (QED) is 0.644. The summed E-state index contributed by atoms with van der Waals surface area (Å²) in [5, 5.41) is 4.26. The molecule has 0 bridgehead atoms. The summed E-state index contributed by atoms with van der Waals surface area (Å²) >= 11 is 0. The molecule has 0 aromatic heterocycles. The first kappa shape index (κ1) is 12.8. The maximum atomic E-state index is 11.7. The van der Waals surface area contributed by atoms with Crippen LogP contribution in [0.1, 0.15) is 44.1 Å². The summed E-state index contributed by atoms with van der Waals surface area (Å²) in [6.45, 7) is 0. The summed E-state index contributed by atoms with van der Waals surface area (Å²) in [5.41, 5.74) is 4.85. The standard InChI is InChI=1S/C15H20N2O/c18-15(12-13-8-4-3-5-9-13)17-16-14-10-6-1-2-7-11-14/h3-5,8-9H,1-2,6-7,10-12H2,(H,17,18). The van der Waals surface area contributed by atoms with Crippen LogP contribution < -0.4 is 5.43 Å². The van der Waals surface area contributed by atoms with Gasteiger partial charge in [0.15, 0.2) is 0 Å². The van der Waals surface area contributed by atoms with E-state index in [1.807, 2.05) is 30.3 Å². The van der Waals surface area contributed by atoms with Crippen LogP contribution in [0.25, 0.3) is 0 Å². The summed E-state index contributed by atoms with van der Waals surface area (Å²) in [7, 11) is 0. The number of benzene rings is 1. The van der Waals surface area contributed by atoms with E-state index in [9.17, 15) is 4.79 Å². The Morgan fingerprint density at radius 3 is 2.39 bits per heavy atom. The average Bonchev–Trinajstić information content (AvgIpc) is 2.66. The van der Waals surface area contributed by atoms with Crippen molar-refractivity contribution in [1.82, 2.24) is 5.43 Å². The molecule has 0 radical (unpaired) electrons. The van der Waals surface area contributed by atoms with Gasteiger partial charge < -0.3 is 0 Å². The second kappa shape index (κ2) is 6.94. The predicted octanol–water partition coefficient (Wildman–Crippen LogP) is 3.06. The van der Waals surface area contributed by atoms with Gasteiger partial charge in [0.1, 0.15) is 0 Å². The van der Waals surface area contributed by atoms with Crippen LogP contribution in [0.15, 0.2) is 35.4 Å². The number of carbonyl (C=O) groups is 1. The highest BCUT2D eigenvalue weighted by atomic mass is 16.2. The van der Waals surface area contributed by atoms with Crippen molar-refractivity contribution >= 4 is 11.6 Å². The molecule has 0 heterocycles. The van der Waals surface area contributed by atoms with E-state index in [0.717, 1.165) is 24.1 Å². The van der Waals surface area contributed by atoms with Crippen LogP contribution >= 0.6 is 0 Å². The van der Waals surface area contributed by atoms with Crippen LogP contribution in [0, 0.1) is 0 Å². The van der Waals surface area contributed by atoms with Gasteiger partial charge in [-0.15, -0.1) is 0 Å². The molecule has 1 fully saturated rings. The molecule has 1 aromatic carbocycles. The van der Waals surface area contributed by atoms with Crippen molar-refractivity contribution in [2.24, 2.45) is 5.10 Å². The highest BCUT2D eigenvalue weighted by Gasteiger charge is 2.07. The zero-order valence-corrected chi connectivity index (χ0v) is 10.7. The molecule has 96 valence electrons. The molecule has 1 saturated carbocycles. The predicted molar refractivity (Wildman–Crippen MR) is 73.4 cm³/mol. The van der Waals surface area contributed by atoms with Gasteiger partial charge in [0.05, 0.1) is 6.42 Å². The van der Waals surface area contributed by atoms with Crippen LogP contribution in [0.5, 0.6) is 0 Å². The van der Waals surface area contributed by atoms with Gasteiger partial charge >= 0.3 is 0 Å². The lowest BCUT2D eigenvalue weighted by molar-refractivity contribution is -0.120. The van der Waals surface area contributed by atoms with E-state index in [1.165, 1.54) is 25.7 Å². The fourth-order valence-corrected chi connectivity index (χ4v) is 2.21. The van der Waals surface area contributed by atoms with E-state index in [1.54, 1.807) is 0 Å². The number of hydrazone groups is 1. The third-order valence-electron chi connectivity index (χ3n) is 3.23. The molecule has 0 atom stereocenters. The molecule has 2 rings (SSSR count). The van der Waals surface area contributed by atoms with Gasteiger partial charge in [-0.3, -0.25) is 4.79 Å². The van der Waals surface area contributed by atoms with Gasteiger partial charge in [-0.1, -0.05) is 43.2 Å². The highest BCUT2D eigenvalue weighted by Crippen LogP contribution is 2.14. The molecule has 0 saturated heterocycles. The number of hydrogen-bond acceptors (Lipinski definition) is 2. The Hall–Kier alpha value is -1.64. The largest absolute Gasteiger partial charge is 0.273 e. The maximum absolute atomic E-state index is 11.7. The van der Waals surface area contributed by atoms with Crippen LogP contribution in [0.4, 0.5) is 0 Å². The van der Waals surface area contributed by atoms with E-state index in [2.05, 4.69) is 10.5 Å². The lowest BCUT2D eigenvalue weighted by Crippen LogP contribution is -2.21. The summed E-state index contributed by atoms with van der Waals surface area (Å²) in [5.74, 6) is -0.0297. The van der Waals surface area contributed by atoms with Crippen molar-refractivity contribution < 1.29 is 4.79 Å². The van der Waals surface area contributed by atoms with Crippen molar-refractivity contribution in [1.29, 1.82) is 0 Å². The number of carbonyl (C=O) groups excluding carboxylic acids is 1. The minimum atomic E-state index is -0.0297. The Balaban J connectivity index is 1.82. The molecule has 1 N–H and O–H groups in total. The minimum Gasteiger partial charge on any atom is -0.273 e. The van der Waals surface area contributed by atoms with Crippen LogP contribution in [-0.4, -0.2) is 11.6 Å². The molecule has 1 aliphatic rings. The Morgan fingerprint density at radius 1 is 1.06 bits per heavy atom. The topological polar surface area (TPSA) is 41.5 Å². The minimum absolute atomic E-state index is 0.0297. The SMILES string of the molecule is O=C(Cc1ccccc1)NN=C1CCCCCC1. The Labute approximate surface area is 108 Å². The van der Waals surface area contributed by atoms with Crippen LogP contribution in [0.2, 0.25) is 0 Å². The lowest BCUT2D eigenvalue weighted by atomic mass is 10.1. The zero-order chi connectivity index (χ0) is 12.6. The monoisotopic (exact) mass is 244 g/mol. The van der Waals surface area contributed by atoms with Crippen LogP contribution in [0.3, 0.4) is 0 Å². The maximum Gasteiger partial charge on any atom is 0.244 e. The fourth-order valence-electron chi connectivity index (χ4n) is 2.21. The molecule has 3 nitrogen and oxygen atoms in total. The molecular weight excluding hydrogens is 224 g/mol. The number of rotatable bonds is 3. The number of nitrogens with zero attached hydrogens (tertiary/aromatic N) is 1. The fraction of sp³-hybridized carbons (Fsp3) is 0.467. The first-order valence-corrected chi connectivity index (χ1v) is 6.73. The Bertz CT molecular complexity index is 402. The van der Waals surface area contributed by atoms with Gasteiger partial charge in [-0.2, -0.15) is 5.10 Å². The molecule has 1 amide bonds. The van der Waals surface area contributed by atoms with Gasteiger partial charge in [0, 0.05) is 5.71 Å². The Kier molecular flexibility index (Phi) is 4.94. The molecule has 3 heteroatoms.